The summed E-state index contributed by atoms with van der Waals surface area (Å²) in [6.45, 7) is 1.93. The Bertz CT molecular complexity index is 671. The molecule has 98 valence electrons. The van der Waals surface area contributed by atoms with Gasteiger partial charge in [-0.2, -0.15) is 9.61 Å². The van der Waals surface area contributed by atoms with E-state index in [2.05, 4.69) is 27.4 Å². The Morgan fingerprint density at radius 3 is 2.74 bits per heavy atom. The van der Waals surface area contributed by atoms with Gasteiger partial charge in [-0.3, -0.25) is 0 Å². The summed E-state index contributed by atoms with van der Waals surface area (Å²) in [6.07, 6.45) is 1.76. The average molecular weight is 273 g/mol. The molecule has 2 heterocycles. The molecule has 5 nitrogen and oxygen atoms in total. The molecule has 0 saturated heterocycles. The summed E-state index contributed by atoms with van der Waals surface area (Å²) >= 11 is 1.50. The van der Waals surface area contributed by atoms with Gasteiger partial charge in [-0.25, -0.2) is 0 Å². The monoisotopic (exact) mass is 273 g/mol. The lowest BCUT2D eigenvalue weighted by Gasteiger charge is -1.99. The second-order valence-corrected chi connectivity index (χ2v) is 5.51. The molecule has 1 aromatic carbocycles. The molecule has 0 aliphatic heterocycles. The highest BCUT2D eigenvalue weighted by Gasteiger charge is 2.13. The third-order valence-electron chi connectivity index (χ3n) is 2.94. The number of aryl methyl sites for hydroxylation is 2. The maximum atomic E-state index is 5.84. The Morgan fingerprint density at radius 1 is 1.21 bits per heavy atom. The molecule has 1 atom stereocenters. The molecule has 0 spiro atoms. The van der Waals surface area contributed by atoms with Crippen LogP contribution in [-0.2, 0) is 12.8 Å². The van der Waals surface area contributed by atoms with Crippen molar-refractivity contribution < 1.29 is 0 Å². The summed E-state index contributed by atoms with van der Waals surface area (Å²) in [6, 6.07) is 10.3. The first-order chi connectivity index (χ1) is 9.24. The van der Waals surface area contributed by atoms with Gasteiger partial charge in [0.1, 0.15) is 5.01 Å². The Hall–Kier alpha value is -1.79. The zero-order valence-corrected chi connectivity index (χ0v) is 11.5. The van der Waals surface area contributed by atoms with Crippen LogP contribution in [-0.4, -0.2) is 19.8 Å². The molecule has 19 heavy (non-hydrogen) atoms. The zero-order chi connectivity index (χ0) is 13.2. The van der Waals surface area contributed by atoms with E-state index in [-0.39, 0.29) is 6.04 Å². The first-order valence-electron chi connectivity index (χ1n) is 6.24. The van der Waals surface area contributed by atoms with E-state index in [1.807, 2.05) is 29.6 Å². The van der Waals surface area contributed by atoms with Gasteiger partial charge in [-0.15, -0.1) is 10.2 Å². The Balaban J connectivity index is 1.81. The zero-order valence-electron chi connectivity index (χ0n) is 10.7. The molecule has 0 bridgehead atoms. The predicted octanol–water partition coefficient (Wildman–Crippen LogP) is 1.99. The van der Waals surface area contributed by atoms with E-state index in [9.17, 15) is 0 Å². The molecule has 0 aliphatic rings. The maximum Gasteiger partial charge on any atom is 0.234 e. The van der Waals surface area contributed by atoms with Crippen LogP contribution in [0.2, 0.25) is 0 Å². The fraction of sp³-hybridized carbons (Fsp3) is 0.308. The molecule has 0 fully saturated rings. The van der Waals surface area contributed by atoms with Gasteiger partial charge in [0.15, 0.2) is 5.82 Å². The third-order valence-corrected chi connectivity index (χ3v) is 4.04. The highest BCUT2D eigenvalue weighted by atomic mass is 32.1. The van der Waals surface area contributed by atoms with Crippen LogP contribution in [0.1, 0.15) is 29.4 Å². The summed E-state index contributed by atoms with van der Waals surface area (Å²) in [7, 11) is 0. The second-order valence-electron chi connectivity index (χ2n) is 4.53. The van der Waals surface area contributed by atoms with E-state index in [1.54, 1.807) is 0 Å². The van der Waals surface area contributed by atoms with Gasteiger partial charge in [0.25, 0.3) is 0 Å². The van der Waals surface area contributed by atoms with Crippen LogP contribution >= 0.6 is 11.3 Å². The van der Waals surface area contributed by atoms with Crippen molar-refractivity contribution in [3.05, 3.63) is 46.7 Å². The summed E-state index contributed by atoms with van der Waals surface area (Å²) in [5.41, 5.74) is 7.13. The van der Waals surface area contributed by atoms with Crippen molar-refractivity contribution in [2.75, 3.05) is 0 Å². The molecule has 0 amide bonds. The van der Waals surface area contributed by atoms with Crippen molar-refractivity contribution in [1.29, 1.82) is 0 Å². The van der Waals surface area contributed by atoms with Gasteiger partial charge in [0.05, 0.1) is 6.04 Å². The number of nitrogens with two attached hydrogens (primary N) is 1. The fourth-order valence-corrected chi connectivity index (χ4v) is 2.72. The highest BCUT2D eigenvalue weighted by molar-refractivity contribution is 7.16. The van der Waals surface area contributed by atoms with Crippen molar-refractivity contribution in [1.82, 2.24) is 19.8 Å². The van der Waals surface area contributed by atoms with Crippen LogP contribution in [0, 0.1) is 0 Å². The van der Waals surface area contributed by atoms with Gasteiger partial charge in [-0.05, 0) is 18.9 Å². The summed E-state index contributed by atoms with van der Waals surface area (Å²) < 4.78 is 1.81. The van der Waals surface area contributed by atoms with Crippen molar-refractivity contribution in [3.63, 3.8) is 0 Å². The predicted molar refractivity (Wildman–Crippen MR) is 75.1 cm³/mol. The van der Waals surface area contributed by atoms with Crippen LogP contribution in [0.5, 0.6) is 0 Å². The molecule has 0 radical (unpaired) electrons. The molecule has 3 rings (SSSR count). The largest absolute Gasteiger partial charge is 0.322 e. The number of nitrogens with zero attached hydrogens (tertiary/aromatic N) is 4. The minimum atomic E-state index is -0.0614. The van der Waals surface area contributed by atoms with Crippen LogP contribution in [0.25, 0.3) is 4.96 Å². The standard InChI is InChI=1S/C13H15N5S/c1-9(14)12-17-18-11(15-16-13(18)19-12)8-7-10-5-3-2-4-6-10/h2-6,9H,7-8,14H2,1H3. The molecule has 6 heteroatoms. The Kier molecular flexibility index (Phi) is 3.27. The summed E-state index contributed by atoms with van der Waals surface area (Å²) in [5.74, 6) is 0.891. The molecule has 0 aliphatic carbocycles. The van der Waals surface area contributed by atoms with E-state index in [1.165, 1.54) is 16.9 Å². The molecular weight excluding hydrogens is 258 g/mol. The van der Waals surface area contributed by atoms with Gasteiger partial charge in [-0.1, -0.05) is 41.7 Å². The van der Waals surface area contributed by atoms with Crippen LogP contribution in [0.15, 0.2) is 30.3 Å². The van der Waals surface area contributed by atoms with Crippen LogP contribution in [0.3, 0.4) is 0 Å². The van der Waals surface area contributed by atoms with Crippen LogP contribution < -0.4 is 5.73 Å². The Labute approximate surface area is 115 Å². The van der Waals surface area contributed by atoms with Crippen molar-refractivity contribution in [2.24, 2.45) is 5.73 Å². The maximum absolute atomic E-state index is 5.84. The minimum absolute atomic E-state index is 0.0614. The summed E-state index contributed by atoms with van der Waals surface area (Å²) in [4.78, 5) is 0.815. The van der Waals surface area contributed by atoms with E-state index >= 15 is 0 Å². The molecule has 2 aromatic heterocycles. The average Bonchev–Trinajstić information content (AvgIpc) is 2.98. The van der Waals surface area contributed by atoms with Crippen molar-refractivity contribution >= 4 is 16.3 Å². The smallest absolute Gasteiger partial charge is 0.234 e. The van der Waals surface area contributed by atoms with E-state index < -0.39 is 0 Å². The van der Waals surface area contributed by atoms with Crippen molar-refractivity contribution in [2.45, 2.75) is 25.8 Å². The fourth-order valence-electron chi connectivity index (χ4n) is 1.91. The summed E-state index contributed by atoms with van der Waals surface area (Å²) in [5, 5.41) is 13.7. The Morgan fingerprint density at radius 2 is 2.00 bits per heavy atom. The lowest BCUT2D eigenvalue weighted by atomic mass is 10.1. The second kappa shape index (κ2) is 5.07. The molecule has 1 unspecified atom stereocenters. The van der Waals surface area contributed by atoms with E-state index in [0.717, 1.165) is 28.6 Å². The topological polar surface area (TPSA) is 69.1 Å². The third kappa shape index (κ3) is 2.50. The van der Waals surface area contributed by atoms with Crippen LogP contribution in [0.4, 0.5) is 0 Å². The van der Waals surface area contributed by atoms with Crippen molar-refractivity contribution in [3.8, 4) is 0 Å². The normalized spacial score (nSPS) is 12.9. The lowest BCUT2D eigenvalue weighted by molar-refractivity contribution is 0.734. The number of benzene rings is 1. The van der Waals surface area contributed by atoms with Gasteiger partial charge in [0.2, 0.25) is 4.96 Å². The highest BCUT2D eigenvalue weighted by Crippen LogP contribution is 2.19. The molecule has 0 saturated carbocycles. The quantitative estimate of drug-likeness (QED) is 0.789. The number of fused-ring (bicyclic) bond motifs is 1. The molecule has 2 N–H and O–H groups in total. The number of aromatic nitrogens is 4. The van der Waals surface area contributed by atoms with E-state index in [4.69, 9.17) is 5.73 Å². The molecular formula is C13H15N5S. The number of hydrogen-bond donors (Lipinski definition) is 1. The van der Waals surface area contributed by atoms with E-state index in [0.29, 0.717) is 0 Å². The van der Waals surface area contributed by atoms with Gasteiger partial charge in [0, 0.05) is 6.42 Å². The van der Waals surface area contributed by atoms with Gasteiger partial charge < -0.3 is 5.73 Å². The lowest BCUT2D eigenvalue weighted by Crippen LogP contribution is -2.06. The molecule has 3 aromatic rings. The SMILES string of the molecule is CC(N)c1nn2c(CCc3ccccc3)nnc2s1. The number of hydrogen-bond acceptors (Lipinski definition) is 5. The first kappa shape index (κ1) is 12.3. The number of rotatable bonds is 4. The van der Waals surface area contributed by atoms with Gasteiger partial charge >= 0.3 is 0 Å². The minimum Gasteiger partial charge on any atom is -0.322 e. The first-order valence-corrected chi connectivity index (χ1v) is 7.06.